The third-order valence-corrected chi connectivity index (χ3v) is 2.70. The van der Waals surface area contributed by atoms with Gasteiger partial charge in [-0.15, -0.1) is 0 Å². The Labute approximate surface area is 93.5 Å². The van der Waals surface area contributed by atoms with Crippen molar-refractivity contribution in [3.8, 4) is 0 Å². The average molecular weight is 215 g/mol. The van der Waals surface area contributed by atoms with Gasteiger partial charge in [-0.05, 0) is 32.2 Å². The number of nitrogens with one attached hydrogen (secondary N) is 1. The fourth-order valence-corrected chi connectivity index (χ4v) is 1.82. The first-order valence-electron chi connectivity index (χ1n) is 6.13. The van der Waals surface area contributed by atoms with Crippen LogP contribution in [0.3, 0.4) is 0 Å². The number of hydrogen-bond acceptors (Lipinski definition) is 3. The molecule has 2 unspecified atom stereocenters. The molecule has 1 heterocycles. The van der Waals surface area contributed by atoms with E-state index in [-0.39, 0.29) is 0 Å². The largest absolute Gasteiger partial charge is 0.379 e. The average Bonchev–Trinajstić information content (AvgIpc) is 2.20. The Morgan fingerprint density at radius 3 is 2.80 bits per heavy atom. The van der Waals surface area contributed by atoms with Crippen molar-refractivity contribution in [3.05, 3.63) is 0 Å². The fraction of sp³-hybridized carbons (Fsp3) is 1.00. The standard InChI is InChI=1S/C12H25NO2/c1-10(2)9-14-7-8-15-12-5-4-6-13-11(12)3/h10-13H,4-9H2,1-3H3. The predicted molar refractivity (Wildman–Crippen MR) is 62.1 cm³/mol. The van der Waals surface area contributed by atoms with E-state index in [2.05, 4.69) is 26.1 Å². The smallest absolute Gasteiger partial charge is 0.0726 e. The maximum absolute atomic E-state index is 5.79. The lowest BCUT2D eigenvalue weighted by molar-refractivity contribution is -0.0240. The maximum atomic E-state index is 5.79. The van der Waals surface area contributed by atoms with Crippen LogP contribution in [0.25, 0.3) is 0 Å². The van der Waals surface area contributed by atoms with Gasteiger partial charge in [-0.2, -0.15) is 0 Å². The molecule has 0 saturated carbocycles. The van der Waals surface area contributed by atoms with Crippen LogP contribution in [-0.2, 0) is 9.47 Å². The summed E-state index contributed by atoms with van der Waals surface area (Å²) in [6.45, 7) is 9.93. The Morgan fingerprint density at radius 1 is 1.33 bits per heavy atom. The van der Waals surface area contributed by atoms with Gasteiger partial charge in [0.2, 0.25) is 0 Å². The van der Waals surface area contributed by atoms with E-state index in [9.17, 15) is 0 Å². The molecule has 0 spiro atoms. The molecule has 0 bridgehead atoms. The topological polar surface area (TPSA) is 30.5 Å². The molecule has 3 nitrogen and oxygen atoms in total. The lowest BCUT2D eigenvalue weighted by Crippen LogP contribution is -2.44. The summed E-state index contributed by atoms with van der Waals surface area (Å²) in [5, 5.41) is 3.43. The van der Waals surface area contributed by atoms with Gasteiger partial charge in [-0.3, -0.25) is 0 Å². The van der Waals surface area contributed by atoms with Crippen LogP contribution in [-0.4, -0.2) is 38.5 Å². The number of hydrogen-bond donors (Lipinski definition) is 1. The third-order valence-electron chi connectivity index (χ3n) is 2.70. The van der Waals surface area contributed by atoms with Gasteiger partial charge in [0.05, 0.1) is 19.3 Å². The van der Waals surface area contributed by atoms with Crippen LogP contribution >= 0.6 is 0 Å². The van der Waals surface area contributed by atoms with E-state index in [1.165, 1.54) is 12.8 Å². The SMILES string of the molecule is CC(C)COCCOC1CCCNC1C. The molecule has 1 N–H and O–H groups in total. The normalized spacial score (nSPS) is 27.2. The first-order valence-corrected chi connectivity index (χ1v) is 6.13. The van der Waals surface area contributed by atoms with E-state index in [1.807, 2.05) is 0 Å². The Hall–Kier alpha value is -0.120. The van der Waals surface area contributed by atoms with E-state index in [4.69, 9.17) is 9.47 Å². The molecule has 90 valence electrons. The summed E-state index contributed by atoms with van der Waals surface area (Å²) in [5.41, 5.74) is 0. The van der Waals surface area contributed by atoms with Crippen molar-refractivity contribution in [2.75, 3.05) is 26.4 Å². The second-order valence-corrected chi connectivity index (χ2v) is 4.76. The van der Waals surface area contributed by atoms with Crippen molar-refractivity contribution in [1.82, 2.24) is 5.32 Å². The van der Waals surface area contributed by atoms with Crippen LogP contribution in [0.5, 0.6) is 0 Å². The zero-order valence-corrected chi connectivity index (χ0v) is 10.3. The molecule has 2 atom stereocenters. The third kappa shape index (κ3) is 5.50. The highest BCUT2D eigenvalue weighted by molar-refractivity contribution is 4.77. The Kier molecular flexibility index (Phi) is 6.22. The van der Waals surface area contributed by atoms with Crippen LogP contribution in [0.4, 0.5) is 0 Å². The Morgan fingerprint density at radius 2 is 2.13 bits per heavy atom. The van der Waals surface area contributed by atoms with E-state index in [0.717, 1.165) is 26.4 Å². The lowest BCUT2D eigenvalue weighted by Gasteiger charge is -2.29. The fourth-order valence-electron chi connectivity index (χ4n) is 1.82. The monoisotopic (exact) mass is 215 g/mol. The van der Waals surface area contributed by atoms with Gasteiger partial charge in [0.1, 0.15) is 0 Å². The minimum absolute atomic E-state index is 0.376. The van der Waals surface area contributed by atoms with Gasteiger partial charge in [0.25, 0.3) is 0 Å². The first kappa shape index (κ1) is 12.9. The Balaban J connectivity index is 1.99. The highest BCUT2D eigenvalue weighted by atomic mass is 16.5. The molecule has 0 aromatic carbocycles. The van der Waals surface area contributed by atoms with Crippen LogP contribution < -0.4 is 5.32 Å². The van der Waals surface area contributed by atoms with Crippen molar-refractivity contribution in [1.29, 1.82) is 0 Å². The molecule has 1 aliphatic rings. The van der Waals surface area contributed by atoms with Gasteiger partial charge >= 0.3 is 0 Å². The quantitative estimate of drug-likeness (QED) is 0.686. The van der Waals surface area contributed by atoms with E-state index >= 15 is 0 Å². The van der Waals surface area contributed by atoms with Gasteiger partial charge in [-0.1, -0.05) is 13.8 Å². The highest BCUT2D eigenvalue weighted by Crippen LogP contribution is 2.11. The summed E-state index contributed by atoms with van der Waals surface area (Å²) in [6.07, 6.45) is 2.78. The van der Waals surface area contributed by atoms with Gasteiger partial charge in [0, 0.05) is 12.6 Å². The predicted octanol–water partition coefficient (Wildman–Crippen LogP) is 1.82. The summed E-state index contributed by atoms with van der Waals surface area (Å²) >= 11 is 0. The van der Waals surface area contributed by atoms with E-state index in [1.54, 1.807) is 0 Å². The number of piperidine rings is 1. The van der Waals surface area contributed by atoms with Crippen molar-refractivity contribution < 1.29 is 9.47 Å². The molecule has 0 amide bonds. The molecule has 0 aromatic rings. The van der Waals surface area contributed by atoms with Gasteiger partial charge in [-0.25, -0.2) is 0 Å². The summed E-state index contributed by atoms with van der Waals surface area (Å²) in [5.74, 6) is 0.611. The van der Waals surface area contributed by atoms with Gasteiger partial charge in [0.15, 0.2) is 0 Å². The number of ether oxygens (including phenoxy) is 2. The summed E-state index contributed by atoms with van der Waals surface area (Å²) in [7, 11) is 0. The highest BCUT2D eigenvalue weighted by Gasteiger charge is 2.20. The zero-order chi connectivity index (χ0) is 11.1. The summed E-state index contributed by atoms with van der Waals surface area (Å²) in [6, 6.07) is 0.490. The molecule has 0 radical (unpaired) electrons. The van der Waals surface area contributed by atoms with Gasteiger partial charge < -0.3 is 14.8 Å². The molecule has 1 saturated heterocycles. The van der Waals surface area contributed by atoms with Crippen LogP contribution in [0, 0.1) is 5.92 Å². The summed E-state index contributed by atoms with van der Waals surface area (Å²) in [4.78, 5) is 0. The lowest BCUT2D eigenvalue weighted by atomic mass is 10.0. The van der Waals surface area contributed by atoms with Crippen molar-refractivity contribution in [2.24, 2.45) is 5.92 Å². The molecule has 0 aromatic heterocycles. The second kappa shape index (κ2) is 7.20. The van der Waals surface area contributed by atoms with E-state index in [0.29, 0.717) is 18.1 Å². The molecule has 1 rings (SSSR count). The number of rotatable bonds is 6. The second-order valence-electron chi connectivity index (χ2n) is 4.76. The Bertz CT molecular complexity index is 162. The molecule has 15 heavy (non-hydrogen) atoms. The molecule has 1 fully saturated rings. The molecular formula is C12H25NO2. The van der Waals surface area contributed by atoms with E-state index < -0.39 is 0 Å². The van der Waals surface area contributed by atoms with Crippen LogP contribution in [0.2, 0.25) is 0 Å². The van der Waals surface area contributed by atoms with Crippen molar-refractivity contribution in [3.63, 3.8) is 0 Å². The van der Waals surface area contributed by atoms with Crippen LogP contribution in [0.15, 0.2) is 0 Å². The molecule has 3 heteroatoms. The maximum Gasteiger partial charge on any atom is 0.0726 e. The first-order chi connectivity index (χ1) is 7.20. The minimum Gasteiger partial charge on any atom is -0.379 e. The van der Waals surface area contributed by atoms with Crippen molar-refractivity contribution >= 4 is 0 Å². The van der Waals surface area contributed by atoms with Crippen molar-refractivity contribution in [2.45, 2.75) is 45.8 Å². The molecule has 0 aliphatic carbocycles. The summed E-state index contributed by atoms with van der Waals surface area (Å²) < 4.78 is 11.3. The minimum atomic E-state index is 0.376. The molecular weight excluding hydrogens is 190 g/mol. The zero-order valence-electron chi connectivity index (χ0n) is 10.3. The van der Waals surface area contributed by atoms with Crippen LogP contribution in [0.1, 0.15) is 33.6 Å². The molecule has 1 aliphatic heterocycles.